The zero-order valence-electron chi connectivity index (χ0n) is 11.6. The fourth-order valence-electron chi connectivity index (χ4n) is 2.10. The maximum Gasteiger partial charge on any atom is 0.234 e. The van der Waals surface area contributed by atoms with Crippen molar-refractivity contribution in [3.05, 3.63) is 0 Å². The summed E-state index contributed by atoms with van der Waals surface area (Å²) < 4.78 is 0. The zero-order chi connectivity index (χ0) is 15.8. The van der Waals surface area contributed by atoms with Crippen molar-refractivity contribution in [3.63, 3.8) is 0 Å². The third-order valence-electron chi connectivity index (χ3n) is 3.27. The lowest BCUT2D eigenvalue weighted by atomic mass is 10.7. The van der Waals surface area contributed by atoms with E-state index in [0.29, 0.717) is 50.4 Å². The highest BCUT2D eigenvalue weighted by Gasteiger charge is 2.31. The van der Waals surface area contributed by atoms with Gasteiger partial charge in [-0.1, -0.05) is 0 Å². The Kier molecular flexibility index (Phi) is 11.4. The summed E-state index contributed by atoms with van der Waals surface area (Å²) in [4.78, 5) is 54.9. The normalized spacial score (nSPS) is 11.8. The van der Waals surface area contributed by atoms with Crippen molar-refractivity contribution in [2.45, 2.75) is 24.2 Å². The second-order valence-electron chi connectivity index (χ2n) is 4.39. The van der Waals surface area contributed by atoms with Crippen molar-refractivity contribution < 1.29 is 19.2 Å². The molecule has 21 heavy (non-hydrogen) atoms. The first-order chi connectivity index (χ1) is 10.2. The molecule has 0 bridgehead atoms. The average Bonchev–Trinajstić information content (AvgIpc) is 2.48. The molecule has 0 saturated carbocycles. The fraction of sp³-hybridized carbons (Fsp3) is 0.667. The molecule has 0 amide bonds. The van der Waals surface area contributed by atoms with Crippen LogP contribution in [-0.4, -0.2) is 58.6 Å². The molecule has 0 rings (SSSR count). The molecule has 0 fully saturated rings. The molecule has 0 radical (unpaired) electrons. The molecule has 0 unspecified atom stereocenters. The van der Waals surface area contributed by atoms with E-state index in [2.05, 4.69) is 20.0 Å². The number of hydrogen-bond donors (Lipinski definition) is 0. The quantitative estimate of drug-likeness (QED) is 0.300. The lowest BCUT2D eigenvalue weighted by Crippen LogP contribution is -2.37. The Morgan fingerprint density at radius 1 is 0.524 bits per heavy atom. The van der Waals surface area contributed by atoms with E-state index in [1.54, 1.807) is 0 Å². The molecule has 0 atom stereocenters. The molecule has 0 N–H and O–H groups in total. The van der Waals surface area contributed by atoms with Crippen molar-refractivity contribution >= 4 is 32.4 Å². The molecule has 0 aliphatic carbocycles. The van der Waals surface area contributed by atoms with E-state index in [0.717, 1.165) is 0 Å². The Bertz CT molecular complexity index is 406. The molecule has 0 aliphatic rings. The van der Waals surface area contributed by atoms with Gasteiger partial charge in [0.2, 0.25) is 24.3 Å². The number of isocyanates is 4. The summed E-state index contributed by atoms with van der Waals surface area (Å²) in [6, 6.07) is 2.61. The second kappa shape index (κ2) is 12.8. The average molecular weight is 308 g/mol. The number of rotatable bonds is 12. The Labute approximate surface area is 122 Å². The van der Waals surface area contributed by atoms with Crippen molar-refractivity contribution in [3.8, 4) is 0 Å². The summed E-state index contributed by atoms with van der Waals surface area (Å²) in [5, 5.41) is 0. The maximum atomic E-state index is 10.2. The standard InChI is InChI=1S/C12H16N4O4Si/c17-9-13-1-5-21(6-2-14-10-18,7-3-15-11-19)8-4-16-12-20/h1-8H2. The third-order valence-corrected chi connectivity index (χ3v) is 8.41. The van der Waals surface area contributed by atoms with E-state index >= 15 is 0 Å². The maximum absolute atomic E-state index is 10.2. The van der Waals surface area contributed by atoms with E-state index in [-0.39, 0.29) is 0 Å². The lowest BCUT2D eigenvalue weighted by Gasteiger charge is -2.29. The van der Waals surface area contributed by atoms with Crippen LogP contribution in [0.4, 0.5) is 0 Å². The summed E-state index contributed by atoms with van der Waals surface area (Å²) in [5.74, 6) is 0. The highest BCUT2D eigenvalue weighted by Crippen LogP contribution is 2.26. The molecular weight excluding hydrogens is 292 g/mol. The fourth-order valence-corrected chi connectivity index (χ4v) is 5.95. The van der Waals surface area contributed by atoms with Crippen LogP contribution >= 0.6 is 0 Å². The molecule has 0 heterocycles. The van der Waals surface area contributed by atoms with Crippen LogP contribution < -0.4 is 0 Å². The van der Waals surface area contributed by atoms with Gasteiger partial charge in [-0.25, -0.2) is 39.1 Å². The van der Waals surface area contributed by atoms with Crippen LogP contribution in [0.3, 0.4) is 0 Å². The van der Waals surface area contributed by atoms with Gasteiger partial charge in [-0.2, -0.15) is 0 Å². The predicted octanol–water partition coefficient (Wildman–Crippen LogP) is 0.778. The minimum atomic E-state index is -2.04. The zero-order valence-corrected chi connectivity index (χ0v) is 12.6. The summed E-state index contributed by atoms with van der Waals surface area (Å²) in [6.07, 6.45) is 5.93. The SMILES string of the molecule is O=C=NCC[Si](CCN=C=O)(CCN=C=O)CCN=C=O. The Balaban J connectivity index is 4.99. The topological polar surface area (TPSA) is 118 Å². The van der Waals surface area contributed by atoms with Crippen LogP contribution in [0.1, 0.15) is 0 Å². The number of hydrogen-bond acceptors (Lipinski definition) is 8. The summed E-state index contributed by atoms with van der Waals surface area (Å²) >= 11 is 0. The van der Waals surface area contributed by atoms with Gasteiger partial charge in [-0.05, 0) is 24.2 Å². The molecule has 0 aromatic heterocycles. The number of carbonyl (C=O) groups excluding carboxylic acids is 4. The van der Waals surface area contributed by atoms with Crippen LogP contribution in [0.5, 0.6) is 0 Å². The Hall–Kier alpha value is -2.26. The van der Waals surface area contributed by atoms with Crippen LogP contribution in [-0.2, 0) is 19.2 Å². The minimum absolute atomic E-state index is 0.316. The largest absolute Gasteiger partial charge is 0.234 e. The highest BCUT2D eigenvalue weighted by atomic mass is 28.3. The number of nitrogens with zero attached hydrogens (tertiary/aromatic N) is 4. The lowest BCUT2D eigenvalue weighted by molar-refractivity contribution is 0.563. The molecule has 0 aromatic carbocycles. The second-order valence-corrected chi connectivity index (χ2v) is 9.39. The first-order valence-electron chi connectivity index (χ1n) is 6.39. The molecule has 8 nitrogen and oxygen atoms in total. The van der Waals surface area contributed by atoms with E-state index in [9.17, 15) is 19.2 Å². The van der Waals surface area contributed by atoms with Gasteiger partial charge in [0, 0.05) is 26.2 Å². The highest BCUT2D eigenvalue weighted by molar-refractivity contribution is 6.80. The molecule has 0 spiro atoms. The Morgan fingerprint density at radius 2 is 0.762 bits per heavy atom. The summed E-state index contributed by atoms with van der Waals surface area (Å²) in [7, 11) is -2.04. The predicted molar refractivity (Wildman–Crippen MR) is 76.9 cm³/mol. The third kappa shape index (κ3) is 9.30. The van der Waals surface area contributed by atoms with E-state index in [1.807, 2.05) is 0 Å². The van der Waals surface area contributed by atoms with Gasteiger partial charge in [0.25, 0.3) is 0 Å². The van der Waals surface area contributed by atoms with Crippen LogP contribution in [0.2, 0.25) is 24.2 Å². The van der Waals surface area contributed by atoms with Gasteiger partial charge in [0.05, 0.1) is 8.07 Å². The Morgan fingerprint density at radius 3 is 0.952 bits per heavy atom. The van der Waals surface area contributed by atoms with Gasteiger partial charge < -0.3 is 0 Å². The monoisotopic (exact) mass is 308 g/mol. The first-order valence-corrected chi connectivity index (χ1v) is 9.22. The van der Waals surface area contributed by atoms with E-state index in [1.165, 1.54) is 24.3 Å². The summed E-state index contributed by atoms with van der Waals surface area (Å²) in [5.41, 5.74) is 0. The van der Waals surface area contributed by atoms with E-state index < -0.39 is 8.07 Å². The molecule has 0 aromatic rings. The van der Waals surface area contributed by atoms with Gasteiger partial charge >= 0.3 is 0 Å². The van der Waals surface area contributed by atoms with Gasteiger partial charge in [0.15, 0.2) is 0 Å². The molecule has 9 heteroatoms. The van der Waals surface area contributed by atoms with Gasteiger partial charge in [-0.3, -0.25) is 0 Å². The van der Waals surface area contributed by atoms with Crippen molar-refractivity contribution in [1.82, 2.24) is 0 Å². The smallest absolute Gasteiger partial charge is 0.211 e. The van der Waals surface area contributed by atoms with Crippen molar-refractivity contribution in [2.24, 2.45) is 20.0 Å². The van der Waals surface area contributed by atoms with Crippen molar-refractivity contribution in [1.29, 1.82) is 0 Å². The minimum Gasteiger partial charge on any atom is -0.211 e. The van der Waals surface area contributed by atoms with Crippen molar-refractivity contribution in [2.75, 3.05) is 26.2 Å². The summed E-state index contributed by atoms with van der Waals surface area (Å²) in [6.45, 7) is 1.26. The van der Waals surface area contributed by atoms with Crippen LogP contribution in [0, 0.1) is 0 Å². The molecular formula is C12H16N4O4Si. The van der Waals surface area contributed by atoms with Crippen LogP contribution in [0.25, 0.3) is 0 Å². The van der Waals surface area contributed by atoms with Crippen LogP contribution in [0.15, 0.2) is 20.0 Å². The number of aliphatic imine (C=N–C) groups is 4. The van der Waals surface area contributed by atoms with E-state index in [4.69, 9.17) is 0 Å². The first kappa shape index (κ1) is 18.7. The molecule has 112 valence electrons. The molecule has 0 aliphatic heterocycles. The van der Waals surface area contributed by atoms with Gasteiger partial charge in [-0.15, -0.1) is 0 Å². The molecule has 0 saturated heterocycles. The van der Waals surface area contributed by atoms with Gasteiger partial charge in [0.1, 0.15) is 0 Å².